The predicted octanol–water partition coefficient (Wildman–Crippen LogP) is 3.55. The molecule has 0 bridgehead atoms. The van der Waals surface area contributed by atoms with Crippen molar-refractivity contribution in [3.05, 3.63) is 18.0 Å². The van der Waals surface area contributed by atoms with Crippen LogP contribution in [-0.2, 0) is 13.5 Å². The SMILES string of the molecule is CCCCC1CCC(CNC)(Cc2cnn(C)c2)CC1. The summed E-state index contributed by atoms with van der Waals surface area (Å²) in [6.07, 6.45) is 15.2. The summed E-state index contributed by atoms with van der Waals surface area (Å²) in [5.41, 5.74) is 1.86. The van der Waals surface area contributed by atoms with Crippen molar-refractivity contribution in [3.63, 3.8) is 0 Å². The molecule has 20 heavy (non-hydrogen) atoms. The average Bonchev–Trinajstić information content (AvgIpc) is 2.84. The Labute approximate surface area is 124 Å². The Bertz CT molecular complexity index is 389. The molecule has 0 radical (unpaired) electrons. The number of aryl methyl sites for hydroxylation is 1. The Morgan fingerprint density at radius 3 is 2.70 bits per heavy atom. The maximum atomic E-state index is 4.33. The summed E-state index contributed by atoms with van der Waals surface area (Å²) in [5, 5.41) is 7.76. The van der Waals surface area contributed by atoms with E-state index in [0.29, 0.717) is 5.41 Å². The number of rotatable bonds is 7. The van der Waals surface area contributed by atoms with Crippen LogP contribution in [0.15, 0.2) is 12.4 Å². The molecule has 0 atom stereocenters. The van der Waals surface area contributed by atoms with Gasteiger partial charge >= 0.3 is 0 Å². The summed E-state index contributed by atoms with van der Waals surface area (Å²) in [5.74, 6) is 0.980. The van der Waals surface area contributed by atoms with E-state index in [1.165, 1.54) is 56.9 Å². The average molecular weight is 277 g/mol. The molecule has 0 spiro atoms. The molecule has 1 N–H and O–H groups in total. The quantitative estimate of drug-likeness (QED) is 0.826. The van der Waals surface area contributed by atoms with Gasteiger partial charge in [-0.05, 0) is 56.0 Å². The van der Waals surface area contributed by atoms with E-state index in [4.69, 9.17) is 0 Å². The summed E-state index contributed by atoms with van der Waals surface area (Å²) >= 11 is 0. The normalized spacial score (nSPS) is 26.9. The van der Waals surface area contributed by atoms with Crippen LogP contribution in [0.25, 0.3) is 0 Å². The van der Waals surface area contributed by atoms with E-state index in [9.17, 15) is 0 Å². The van der Waals surface area contributed by atoms with Gasteiger partial charge in [0.15, 0.2) is 0 Å². The first kappa shape index (κ1) is 15.6. The van der Waals surface area contributed by atoms with Crippen molar-refractivity contribution in [2.24, 2.45) is 18.4 Å². The molecular formula is C17H31N3. The fourth-order valence-electron chi connectivity index (χ4n) is 3.86. The number of aromatic nitrogens is 2. The van der Waals surface area contributed by atoms with Crippen LogP contribution >= 0.6 is 0 Å². The maximum absolute atomic E-state index is 4.33. The lowest BCUT2D eigenvalue weighted by molar-refractivity contribution is 0.141. The highest BCUT2D eigenvalue weighted by Gasteiger charge is 2.34. The van der Waals surface area contributed by atoms with Crippen LogP contribution in [0, 0.1) is 11.3 Å². The Hall–Kier alpha value is -0.830. The molecule has 1 fully saturated rings. The summed E-state index contributed by atoms with van der Waals surface area (Å²) in [6, 6.07) is 0. The summed E-state index contributed by atoms with van der Waals surface area (Å²) in [4.78, 5) is 0. The lowest BCUT2D eigenvalue weighted by atomic mass is 9.67. The second-order valence-corrected chi connectivity index (χ2v) is 6.81. The molecule has 1 aromatic rings. The minimum Gasteiger partial charge on any atom is -0.319 e. The van der Waals surface area contributed by atoms with Gasteiger partial charge in [0.1, 0.15) is 0 Å². The first-order valence-electron chi connectivity index (χ1n) is 8.29. The van der Waals surface area contributed by atoms with E-state index >= 15 is 0 Å². The first-order valence-corrected chi connectivity index (χ1v) is 8.29. The van der Waals surface area contributed by atoms with Gasteiger partial charge in [-0.1, -0.05) is 26.2 Å². The second kappa shape index (κ2) is 7.26. The smallest absolute Gasteiger partial charge is 0.0521 e. The van der Waals surface area contributed by atoms with Gasteiger partial charge in [0.05, 0.1) is 6.20 Å². The van der Waals surface area contributed by atoms with Crippen LogP contribution < -0.4 is 5.32 Å². The van der Waals surface area contributed by atoms with Gasteiger partial charge in [-0.15, -0.1) is 0 Å². The van der Waals surface area contributed by atoms with E-state index < -0.39 is 0 Å². The summed E-state index contributed by atoms with van der Waals surface area (Å²) in [6.45, 7) is 3.44. The topological polar surface area (TPSA) is 29.9 Å². The van der Waals surface area contributed by atoms with E-state index in [1.54, 1.807) is 0 Å². The van der Waals surface area contributed by atoms with Crippen LogP contribution in [0.4, 0.5) is 0 Å². The molecule has 0 unspecified atom stereocenters. The third-order valence-electron chi connectivity index (χ3n) is 5.02. The molecule has 1 aliphatic carbocycles. The Morgan fingerprint density at radius 1 is 1.40 bits per heavy atom. The van der Waals surface area contributed by atoms with Crippen molar-refractivity contribution in [3.8, 4) is 0 Å². The van der Waals surface area contributed by atoms with Gasteiger partial charge in [0, 0.05) is 19.8 Å². The van der Waals surface area contributed by atoms with E-state index in [1.807, 2.05) is 17.9 Å². The molecule has 0 aliphatic heterocycles. The van der Waals surface area contributed by atoms with Crippen molar-refractivity contribution in [1.29, 1.82) is 0 Å². The minimum atomic E-state index is 0.459. The fourth-order valence-corrected chi connectivity index (χ4v) is 3.86. The van der Waals surface area contributed by atoms with Gasteiger partial charge < -0.3 is 5.32 Å². The van der Waals surface area contributed by atoms with Crippen molar-refractivity contribution in [2.75, 3.05) is 13.6 Å². The molecule has 1 heterocycles. The van der Waals surface area contributed by atoms with E-state index in [0.717, 1.165) is 12.5 Å². The van der Waals surface area contributed by atoms with Crippen molar-refractivity contribution < 1.29 is 0 Å². The lowest BCUT2D eigenvalue weighted by Gasteiger charge is -2.40. The monoisotopic (exact) mass is 277 g/mol. The standard InChI is InChI=1S/C17H31N3/c1-4-5-6-15-7-9-17(10-8-15,14-18-2)11-16-12-19-20(3)13-16/h12-13,15,18H,4-11,14H2,1-3H3. The lowest BCUT2D eigenvalue weighted by Crippen LogP contribution is -2.38. The van der Waals surface area contributed by atoms with Gasteiger partial charge in [-0.3, -0.25) is 4.68 Å². The van der Waals surface area contributed by atoms with Crippen LogP contribution in [0.3, 0.4) is 0 Å². The minimum absolute atomic E-state index is 0.459. The molecule has 0 saturated heterocycles. The zero-order valence-electron chi connectivity index (χ0n) is 13.5. The summed E-state index contributed by atoms with van der Waals surface area (Å²) < 4.78 is 1.93. The van der Waals surface area contributed by atoms with Gasteiger partial charge in [-0.2, -0.15) is 5.10 Å². The Kier molecular flexibility index (Phi) is 5.64. The third-order valence-corrected chi connectivity index (χ3v) is 5.02. The number of hydrogen-bond donors (Lipinski definition) is 1. The molecule has 1 aromatic heterocycles. The second-order valence-electron chi connectivity index (χ2n) is 6.81. The molecule has 1 aliphatic rings. The molecule has 1 saturated carbocycles. The number of hydrogen-bond acceptors (Lipinski definition) is 2. The highest BCUT2D eigenvalue weighted by molar-refractivity contribution is 5.08. The number of nitrogens with one attached hydrogen (secondary N) is 1. The van der Waals surface area contributed by atoms with Crippen LogP contribution in [0.5, 0.6) is 0 Å². The van der Waals surface area contributed by atoms with Crippen LogP contribution in [-0.4, -0.2) is 23.4 Å². The molecule has 3 nitrogen and oxygen atoms in total. The van der Waals surface area contributed by atoms with Crippen molar-refractivity contribution in [2.45, 2.75) is 58.3 Å². The van der Waals surface area contributed by atoms with Gasteiger partial charge in [0.25, 0.3) is 0 Å². The van der Waals surface area contributed by atoms with Crippen LogP contribution in [0.2, 0.25) is 0 Å². The molecule has 2 rings (SSSR count). The maximum Gasteiger partial charge on any atom is 0.0521 e. The predicted molar refractivity (Wildman–Crippen MR) is 84.8 cm³/mol. The van der Waals surface area contributed by atoms with Gasteiger partial charge in [-0.25, -0.2) is 0 Å². The zero-order chi connectivity index (χ0) is 14.4. The Balaban J connectivity index is 1.94. The number of unbranched alkanes of at least 4 members (excludes halogenated alkanes) is 1. The van der Waals surface area contributed by atoms with Crippen LogP contribution in [0.1, 0.15) is 57.4 Å². The van der Waals surface area contributed by atoms with E-state index in [2.05, 4.69) is 30.6 Å². The molecule has 0 aromatic carbocycles. The fraction of sp³-hybridized carbons (Fsp3) is 0.824. The third kappa shape index (κ3) is 4.08. The highest BCUT2D eigenvalue weighted by Crippen LogP contribution is 2.42. The van der Waals surface area contributed by atoms with Gasteiger partial charge in [0.2, 0.25) is 0 Å². The van der Waals surface area contributed by atoms with Crippen molar-refractivity contribution >= 4 is 0 Å². The summed E-state index contributed by atoms with van der Waals surface area (Å²) in [7, 11) is 4.10. The first-order chi connectivity index (χ1) is 9.67. The van der Waals surface area contributed by atoms with Crippen molar-refractivity contribution in [1.82, 2.24) is 15.1 Å². The number of nitrogens with zero attached hydrogens (tertiary/aromatic N) is 2. The molecule has 0 amide bonds. The molecule has 3 heteroatoms. The zero-order valence-corrected chi connectivity index (χ0v) is 13.5. The van der Waals surface area contributed by atoms with E-state index in [-0.39, 0.29) is 0 Å². The molecule has 114 valence electrons. The largest absolute Gasteiger partial charge is 0.319 e. The molecular weight excluding hydrogens is 246 g/mol. The highest BCUT2D eigenvalue weighted by atomic mass is 15.2. The Morgan fingerprint density at radius 2 is 2.15 bits per heavy atom.